The van der Waals surface area contributed by atoms with Crippen molar-refractivity contribution in [3.63, 3.8) is 0 Å². The van der Waals surface area contributed by atoms with Crippen molar-refractivity contribution >= 4 is 23.3 Å². The van der Waals surface area contributed by atoms with Crippen molar-refractivity contribution in [2.45, 2.75) is 48.1 Å². The van der Waals surface area contributed by atoms with E-state index in [0.717, 1.165) is 22.5 Å². The predicted octanol–water partition coefficient (Wildman–Crippen LogP) is 4.33. The van der Waals surface area contributed by atoms with Gasteiger partial charge in [-0.3, -0.25) is 24.5 Å². The van der Waals surface area contributed by atoms with Crippen LogP contribution in [0.5, 0.6) is 0 Å². The maximum Gasteiger partial charge on any atom is 0.274 e. The van der Waals surface area contributed by atoms with Crippen LogP contribution in [0.25, 0.3) is 5.57 Å². The molecule has 7 nitrogen and oxygen atoms in total. The van der Waals surface area contributed by atoms with Crippen molar-refractivity contribution in [2.24, 2.45) is 5.92 Å². The Morgan fingerprint density at radius 1 is 1.09 bits per heavy atom. The summed E-state index contributed by atoms with van der Waals surface area (Å²) < 4.78 is 5.71. The third kappa shape index (κ3) is 4.16. The van der Waals surface area contributed by atoms with Crippen molar-refractivity contribution in [3.05, 3.63) is 75.3 Å². The molecule has 2 aromatic rings. The summed E-state index contributed by atoms with van der Waals surface area (Å²) in [5, 5.41) is 8.89. The number of hydrogen-bond acceptors (Lipinski definition) is 5. The van der Waals surface area contributed by atoms with Crippen LogP contribution in [0.1, 0.15) is 60.7 Å². The van der Waals surface area contributed by atoms with Crippen LogP contribution in [0.4, 0.5) is 0 Å². The second-order valence-electron chi connectivity index (χ2n) is 8.48. The molecule has 0 unspecified atom stereocenters. The molecule has 0 atom stereocenters. The van der Waals surface area contributed by atoms with Crippen molar-refractivity contribution in [1.82, 2.24) is 10.4 Å². The lowest BCUT2D eigenvalue weighted by Gasteiger charge is -2.16. The SMILES string of the molecule is CC(C)=C1C(=O)N(Cc2cccc(C(=O)NO)c2)C(=O)/C1=C(\c1cc(C)oc1C)C(C)C. The van der Waals surface area contributed by atoms with Gasteiger partial charge in [-0.05, 0) is 62.9 Å². The molecule has 3 rings (SSSR count). The quantitative estimate of drug-likeness (QED) is 0.315. The highest BCUT2D eigenvalue weighted by molar-refractivity contribution is 6.28. The molecule has 2 N–H and O–H groups in total. The Kier molecular flexibility index (Phi) is 6.50. The molecule has 0 bridgehead atoms. The molecule has 168 valence electrons. The second kappa shape index (κ2) is 8.96. The zero-order valence-electron chi connectivity index (χ0n) is 19.2. The third-order valence-electron chi connectivity index (χ3n) is 5.48. The Balaban J connectivity index is 2.14. The molecule has 7 heteroatoms. The summed E-state index contributed by atoms with van der Waals surface area (Å²) in [7, 11) is 0. The van der Waals surface area contributed by atoms with Gasteiger partial charge in [-0.2, -0.15) is 0 Å². The average Bonchev–Trinajstić information content (AvgIpc) is 3.18. The number of benzene rings is 1. The number of nitrogens with one attached hydrogen (secondary N) is 1. The molecule has 1 aliphatic heterocycles. The zero-order valence-corrected chi connectivity index (χ0v) is 19.2. The van der Waals surface area contributed by atoms with Gasteiger partial charge >= 0.3 is 0 Å². The number of nitrogens with zero attached hydrogens (tertiary/aromatic N) is 1. The highest BCUT2D eigenvalue weighted by Crippen LogP contribution is 2.40. The number of amides is 3. The van der Waals surface area contributed by atoms with Crippen LogP contribution in [0, 0.1) is 19.8 Å². The summed E-state index contributed by atoms with van der Waals surface area (Å²) in [6, 6.07) is 8.35. The first-order valence-corrected chi connectivity index (χ1v) is 10.5. The van der Waals surface area contributed by atoms with Crippen LogP contribution in [0.15, 0.2) is 51.5 Å². The number of carbonyl (C=O) groups is 3. The number of likely N-dealkylation sites (tertiary alicyclic amines) is 1. The van der Waals surface area contributed by atoms with E-state index in [1.54, 1.807) is 23.7 Å². The van der Waals surface area contributed by atoms with Crippen LogP contribution in [0.3, 0.4) is 0 Å². The molecular weight excluding hydrogens is 408 g/mol. The first kappa shape index (κ1) is 23.2. The van der Waals surface area contributed by atoms with E-state index < -0.39 is 5.91 Å². The van der Waals surface area contributed by atoms with Gasteiger partial charge in [-0.15, -0.1) is 0 Å². The number of furan rings is 1. The summed E-state index contributed by atoms with van der Waals surface area (Å²) in [6.45, 7) is 11.3. The van der Waals surface area contributed by atoms with E-state index in [1.807, 2.05) is 47.6 Å². The summed E-state index contributed by atoms with van der Waals surface area (Å²) in [4.78, 5) is 39.9. The van der Waals surface area contributed by atoms with Gasteiger partial charge in [-0.1, -0.05) is 31.6 Å². The largest absolute Gasteiger partial charge is 0.466 e. The minimum absolute atomic E-state index is 0.0132. The Hall–Kier alpha value is -3.45. The average molecular weight is 437 g/mol. The number of allylic oxidation sites excluding steroid dienone is 2. The van der Waals surface area contributed by atoms with Gasteiger partial charge in [0.25, 0.3) is 17.7 Å². The minimum Gasteiger partial charge on any atom is -0.466 e. The number of hydrogen-bond donors (Lipinski definition) is 2. The summed E-state index contributed by atoms with van der Waals surface area (Å²) in [5.74, 6) is 0.0201. The molecule has 0 spiro atoms. The van der Waals surface area contributed by atoms with Crippen molar-refractivity contribution < 1.29 is 24.0 Å². The molecule has 2 heterocycles. The number of carbonyl (C=O) groups excluding carboxylic acids is 3. The van der Waals surface area contributed by atoms with Gasteiger partial charge in [0.2, 0.25) is 0 Å². The molecule has 1 saturated heterocycles. The summed E-state index contributed by atoms with van der Waals surface area (Å²) >= 11 is 0. The molecule has 1 aromatic heterocycles. The Morgan fingerprint density at radius 3 is 2.28 bits per heavy atom. The van der Waals surface area contributed by atoms with E-state index in [-0.39, 0.29) is 29.8 Å². The fourth-order valence-corrected chi connectivity index (χ4v) is 4.12. The maximum absolute atomic E-state index is 13.6. The van der Waals surface area contributed by atoms with Gasteiger partial charge in [-0.25, -0.2) is 5.48 Å². The molecule has 1 fully saturated rings. The van der Waals surface area contributed by atoms with E-state index in [0.29, 0.717) is 22.5 Å². The number of aryl methyl sites for hydroxylation is 2. The third-order valence-corrected chi connectivity index (χ3v) is 5.48. The Bertz CT molecular complexity index is 1160. The van der Waals surface area contributed by atoms with Gasteiger partial charge in [0.1, 0.15) is 11.5 Å². The number of hydroxylamine groups is 1. The highest BCUT2D eigenvalue weighted by Gasteiger charge is 2.42. The molecule has 0 aliphatic carbocycles. The van der Waals surface area contributed by atoms with E-state index in [2.05, 4.69) is 0 Å². The highest BCUT2D eigenvalue weighted by atomic mass is 16.5. The van der Waals surface area contributed by atoms with Crippen LogP contribution in [-0.4, -0.2) is 27.8 Å². The first-order valence-electron chi connectivity index (χ1n) is 10.5. The monoisotopic (exact) mass is 436 g/mol. The lowest BCUT2D eigenvalue weighted by molar-refractivity contribution is -0.137. The molecular formula is C25H28N2O5. The number of rotatable bonds is 5. The topological polar surface area (TPSA) is 99.9 Å². The van der Waals surface area contributed by atoms with E-state index in [1.165, 1.54) is 11.0 Å². The fraction of sp³-hybridized carbons (Fsp3) is 0.320. The predicted molar refractivity (Wildman–Crippen MR) is 120 cm³/mol. The van der Waals surface area contributed by atoms with Crippen LogP contribution >= 0.6 is 0 Å². The van der Waals surface area contributed by atoms with Crippen LogP contribution in [0.2, 0.25) is 0 Å². The molecule has 0 radical (unpaired) electrons. The molecule has 32 heavy (non-hydrogen) atoms. The van der Waals surface area contributed by atoms with E-state index in [4.69, 9.17) is 9.62 Å². The van der Waals surface area contributed by atoms with Crippen LogP contribution < -0.4 is 5.48 Å². The van der Waals surface area contributed by atoms with Crippen LogP contribution in [-0.2, 0) is 16.1 Å². The zero-order chi connectivity index (χ0) is 23.7. The summed E-state index contributed by atoms with van der Waals surface area (Å²) in [6.07, 6.45) is 0. The van der Waals surface area contributed by atoms with Gasteiger partial charge in [0.15, 0.2) is 0 Å². The second-order valence-corrected chi connectivity index (χ2v) is 8.48. The minimum atomic E-state index is -0.663. The van der Waals surface area contributed by atoms with Gasteiger partial charge in [0.05, 0.1) is 17.7 Å². The van der Waals surface area contributed by atoms with Gasteiger partial charge in [0, 0.05) is 11.1 Å². The lowest BCUT2D eigenvalue weighted by Crippen LogP contribution is -2.29. The smallest absolute Gasteiger partial charge is 0.274 e. The van der Waals surface area contributed by atoms with Crippen molar-refractivity contribution in [2.75, 3.05) is 0 Å². The Morgan fingerprint density at radius 2 is 1.75 bits per heavy atom. The van der Waals surface area contributed by atoms with E-state index >= 15 is 0 Å². The maximum atomic E-state index is 13.6. The molecule has 1 aliphatic rings. The fourth-order valence-electron chi connectivity index (χ4n) is 4.12. The molecule has 1 aromatic carbocycles. The first-order chi connectivity index (χ1) is 15.1. The Labute approximate surface area is 187 Å². The van der Waals surface area contributed by atoms with Crippen molar-refractivity contribution in [3.8, 4) is 0 Å². The van der Waals surface area contributed by atoms with Gasteiger partial charge < -0.3 is 4.42 Å². The molecule has 3 amide bonds. The normalized spacial score (nSPS) is 15.6. The lowest BCUT2D eigenvalue weighted by atomic mass is 9.87. The molecule has 0 saturated carbocycles. The summed E-state index contributed by atoms with van der Waals surface area (Å²) in [5.41, 5.74) is 5.59. The standard InChI is InChI=1S/C25H28N2O5/c1-13(2)20(19-10-15(5)32-16(19)6)22-21(14(3)4)24(29)27(25(22)30)12-17-8-7-9-18(11-17)23(28)26-31/h7-11,13,31H,12H2,1-6H3,(H,26,28)/b22-20-. The number of imide groups is 1. The van der Waals surface area contributed by atoms with Crippen molar-refractivity contribution in [1.29, 1.82) is 0 Å². The van der Waals surface area contributed by atoms with E-state index in [9.17, 15) is 14.4 Å².